The van der Waals surface area contributed by atoms with Gasteiger partial charge in [-0.2, -0.15) is 0 Å². The zero-order valence-corrected chi connectivity index (χ0v) is 12.7. The first-order valence-corrected chi connectivity index (χ1v) is 7.83. The lowest BCUT2D eigenvalue weighted by atomic mass is 10.1. The highest BCUT2D eigenvalue weighted by atomic mass is 19.1. The fourth-order valence-electron chi connectivity index (χ4n) is 2.95. The highest BCUT2D eigenvalue weighted by Gasteiger charge is 2.13. The summed E-state index contributed by atoms with van der Waals surface area (Å²) in [5.74, 6) is 0.638. The zero-order valence-electron chi connectivity index (χ0n) is 12.7. The fourth-order valence-corrected chi connectivity index (χ4v) is 2.95. The second-order valence-electron chi connectivity index (χ2n) is 5.77. The van der Waals surface area contributed by atoms with Gasteiger partial charge in [0.1, 0.15) is 11.6 Å². The van der Waals surface area contributed by atoms with Gasteiger partial charge in [-0.05, 0) is 23.8 Å². The molecule has 23 heavy (non-hydrogen) atoms. The van der Waals surface area contributed by atoms with E-state index in [0.717, 1.165) is 43.2 Å². The number of rotatable bonds is 3. The van der Waals surface area contributed by atoms with Crippen molar-refractivity contribution in [1.82, 2.24) is 19.9 Å². The summed E-state index contributed by atoms with van der Waals surface area (Å²) in [6, 6.07) is 10.7. The van der Waals surface area contributed by atoms with E-state index in [2.05, 4.69) is 32.5 Å². The van der Waals surface area contributed by atoms with Crippen molar-refractivity contribution >= 4 is 11.3 Å². The number of nitrogens with zero attached hydrogens (tertiary/aromatic N) is 4. The van der Waals surface area contributed by atoms with Crippen LogP contribution in [-0.4, -0.2) is 40.8 Å². The molecule has 1 aromatic carbocycles. The van der Waals surface area contributed by atoms with Crippen molar-refractivity contribution in [3.05, 3.63) is 59.8 Å². The van der Waals surface area contributed by atoms with Crippen LogP contribution in [0.3, 0.4) is 0 Å². The fraction of sp³-hybridized carbons (Fsp3) is 0.294. The molecule has 5 nitrogen and oxygen atoms in total. The Morgan fingerprint density at radius 2 is 1.83 bits per heavy atom. The van der Waals surface area contributed by atoms with Gasteiger partial charge in [0.05, 0.1) is 0 Å². The van der Waals surface area contributed by atoms with Crippen molar-refractivity contribution in [2.24, 2.45) is 0 Å². The molecule has 0 radical (unpaired) electrons. The van der Waals surface area contributed by atoms with Gasteiger partial charge in [0.2, 0.25) is 0 Å². The largest absolute Gasteiger partial charge is 0.369 e. The number of fused-ring (bicyclic) bond motifs is 1. The zero-order chi connectivity index (χ0) is 15.6. The molecule has 0 aliphatic carbocycles. The summed E-state index contributed by atoms with van der Waals surface area (Å²) in [5, 5.41) is 11.9. The van der Waals surface area contributed by atoms with E-state index in [1.807, 2.05) is 10.6 Å². The molecule has 4 rings (SSSR count). The van der Waals surface area contributed by atoms with Crippen LogP contribution >= 0.6 is 0 Å². The molecular formula is C17H18FN5. The number of pyridine rings is 1. The average Bonchev–Trinajstić information content (AvgIpc) is 3.00. The van der Waals surface area contributed by atoms with E-state index in [4.69, 9.17) is 0 Å². The molecule has 0 bridgehead atoms. The predicted octanol–water partition coefficient (Wildman–Crippen LogP) is 1.87. The topological polar surface area (TPSA) is 45.5 Å². The van der Waals surface area contributed by atoms with Crippen molar-refractivity contribution in [2.75, 3.05) is 31.1 Å². The third kappa shape index (κ3) is 2.90. The Balaban J connectivity index is 1.60. The van der Waals surface area contributed by atoms with E-state index in [9.17, 15) is 4.39 Å². The number of piperazine rings is 1. The second-order valence-corrected chi connectivity index (χ2v) is 5.77. The first kappa shape index (κ1) is 14.1. The van der Waals surface area contributed by atoms with Crippen molar-refractivity contribution < 1.29 is 4.39 Å². The maximum absolute atomic E-state index is 13.0. The number of anilines is 1. The normalized spacial score (nSPS) is 15.3. The molecule has 1 aliphatic rings. The molecule has 0 amide bonds. The molecule has 1 aliphatic heterocycles. The summed E-state index contributed by atoms with van der Waals surface area (Å²) in [6.07, 6.45) is 2.65. The Hall–Kier alpha value is -2.47. The minimum atomic E-state index is -0.222. The van der Waals surface area contributed by atoms with Crippen molar-refractivity contribution in [3.63, 3.8) is 0 Å². The van der Waals surface area contributed by atoms with Gasteiger partial charge in [-0.25, -0.2) is 4.39 Å². The van der Waals surface area contributed by atoms with Gasteiger partial charge >= 0.3 is 0 Å². The van der Waals surface area contributed by atoms with Crippen LogP contribution in [0.25, 0.3) is 5.65 Å². The Kier molecular flexibility index (Phi) is 3.67. The number of hydrogen-bond donors (Lipinski definition) is 1. The molecular weight excluding hydrogens is 293 g/mol. The maximum Gasteiger partial charge on any atom is 0.162 e. The van der Waals surface area contributed by atoms with Gasteiger partial charge in [0, 0.05) is 50.6 Å². The summed E-state index contributed by atoms with van der Waals surface area (Å²) in [7, 11) is 0. The number of halogens is 1. The molecule has 0 saturated carbocycles. The number of aromatic nitrogens is 3. The number of nitrogens with one attached hydrogen (secondary N) is 1. The van der Waals surface area contributed by atoms with E-state index in [0.29, 0.717) is 6.42 Å². The molecule has 3 aromatic rings. The highest BCUT2D eigenvalue weighted by Crippen LogP contribution is 2.18. The lowest BCUT2D eigenvalue weighted by molar-refractivity contribution is 0.589. The molecule has 2 aromatic heterocycles. The second kappa shape index (κ2) is 5.96. The standard InChI is InChI=1S/C17H18FN5/c18-14-3-1-13(2-4-14)11-16-20-21-17-12-15(5-8-23(16)17)22-9-6-19-7-10-22/h1-5,8,12,19H,6-7,9-11H2. The molecule has 6 heteroatoms. The predicted molar refractivity (Wildman–Crippen MR) is 87.3 cm³/mol. The SMILES string of the molecule is Fc1ccc(Cc2nnc3cc(N4CCNCC4)ccn23)cc1. The van der Waals surface area contributed by atoms with Crippen LogP contribution in [0.2, 0.25) is 0 Å². The smallest absolute Gasteiger partial charge is 0.162 e. The Bertz CT molecular complexity index is 805. The van der Waals surface area contributed by atoms with E-state index in [-0.39, 0.29) is 5.82 Å². The monoisotopic (exact) mass is 311 g/mol. The summed E-state index contributed by atoms with van der Waals surface area (Å²) in [5.41, 5.74) is 3.05. The minimum absolute atomic E-state index is 0.222. The van der Waals surface area contributed by atoms with Crippen LogP contribution in [0.4, 0.5) is 10.1 Å². The molecule has 1 saturated heterocycles. The maximum atomic E-state index is 13.0. The van der Waals surface area contributed by atoms with Crippen LogP contribution < -0.4 is 10.2 Å². The van der Waals surface area contributed by atoms with Gasteiger partial charge in [0.15, 0.2) is 5.65 Å². The van der Waals surface area contributed by atoms with E-state index >= 15 is 0 Å². The molecule has 1 fully saturated rings. The number of benzene rings is 1. The number of hydrogen-bond acceptors (Lipinski definition) is 4. The third-order valence-electron chi connectivity index (χ3n) is 4.22. The van der Waals surface area contributed by atoms with Crippen molar-refractivity contribution in [1.29, 1.82) is 0 Å². The van der Waals surface area contributed by atoms with Crippen LogP contribution in [-0.2, 0) is 6.42 Å². The van der Waals surface area contributed by atoms with Crippen LogP contribution in [0.5, 0.6) is 0 Å². The first-order chi connectivity index (χ1) is 11.3. The molecule has 118 valence electrons. The van der Waals surface area contributed by atoms with Crippen molar-refractivity contribution in [3.8, 4) is 0 Å². The average molecular weight is 311 g/mol. The van der Waals surface area contributed by atoms with Gasteiger partial charge in [-0.15, -0.1) is 10.2 Å². The van der Waals surface area contributed by atoms with Crippen LogP contribution in [0.15, 0.2) is 42.6 Å². The Labute approximate surface area is 133 Å². The first-order valence-electron chi connectivity index (χ1n) is 7.83. The minimum Gasteiger partial charge on any atom is -0.369 e. The summed E-state index contributed by atoms with van der Waals surface area (Å²) < 4.78 is 15.0. The summed E-state index contributed by atoms with van der Waals surface area (Å²) in [6.45, 7) is 4.03. The van der Waals surface area contributed by atoms with E-state index in [1.54, 1.807) is 12.1 Å². The summed E-state index contributed by atoms with van der Waals surface area (Å²) >= 11 is 0. The van der Waals surface area contributed by atoms with Crippen LogP contribution in [0.1, 0.15) is 11.4 Å². The van der Waals surface area contributed by atoms with Crippen LogP contribution in [0, 0.1) is 5.82 Å². The lowest BCUT2D eigenvalue weighted by Gasteiger charge is -2.29. The van der Waals surface area contributed by atoms with Gasteiger partial charge in [-0.3, -0.25) is 4.40 Å². The summed E-state index contributed by atoms with van der Waals surface area (Å²) in [4.78, 5) is 2.35. The molecule has 0 spiro atoms. The van der Waals surface area contributed by atoms with Gasteiger partial charge in [-0.1, -0.05) is 12.1 Å². The molecule has 0 unspecified atom stereocenters. The van der Waals surface area contributed by atoms with E-state index in [1.165, 1.54) is 17.8 Å². The lowest BCUT2D eigenvalue weighted by Crippen LogP contribution is -2.43. The third-order valence-corrected chi connectivity index (χ3v) is 4.22. The quantitative estimate of drug-likeness (QED) is 0.802. The van der Waals surface area contributed by atoms with Gasteiger partial charge in [0.25, 0.3) is 0 Å². The highest BCUT2D eigenvalue weighted by molar-refractivity contribution is 5.56. The molecule has 3 heterocycles. The Morgan fingerprint density at radius 1 is 1.04 bits per heavy atom. The molecule has 0 atom stereocenters. The molecule has 1 N–H and O–H groups in total. The Morgan fingerprint density at radius 3 is 2.61 bits per heavy atom. The van der Waals surface area contributed by atoms with Gasteiger partial charge < -0.3 is 10.2 Å². The van der Waals surface area contributed by atoms with Crippen molar-refractivity contribution in [2.45, 2.75) is 6.42 Å². The van der Waals surface area contributed by atoms with E-state index < -0.39 is 0 Å².